The highest BCUT2D eigenvalue weighted by Gasteiger charge is 2.35. The second-order valence-corrected chi connectivity index (χ2v) is 8.24. The number of anilines is 1. The van der Waals surface area contributed by atoms with Crippen molar-refractivity contribution in [2.45, 2.75) is 32.1 Å². The van der Waals surface area contributed by atoms with E-state index < -0.39 is 0 Å². The molecule has 0 radical (unpaired) electrons. The molecule has 0 saturated carbocycles. The van der Waals surface area contributed by atoms with E-state index in [0.29, 0.717) is 36.0 Å². The summed E-state index contributed by atoms with van der Waals surface area (Å²) in [5, 5.41) is 6.60. The van der Waals surface area contributed by atoms with Gasteiger partial charge in [0.05, 0.1) is 0 Å². The zero-order valence-corrected chi connectivity index (χ0v) is 17.6. The monoisotopic (exact) mass is 414 g/mol. The molecule has 2 aromatic rings. The van der Waals surface area contributed by atoms with Crippen molar-refractivity contribution in [3.8, 4) is 0 Å². The Morgan fingerprint density at radius 2 is 1.79 bits per heavy atom. The minimum absolute atomic E-state index is 0.0508. The number of carbonyl (C=O) groups excluding carboxylic acids is 2. The molecule has 1 aliphatic heterocycles. The summed E-state index contributed by atoms with van der Waals surface area (Å²) in [7, 11) is 0. The molecule has 1 saturated heterocycles. The molecule has 6 heteroatoms. The van der Waals surface area contributed by atoms with Gasteiger partial charge < -0.3 is 15.4 Å². The standard InChI is InChI=1S/C23H27ClN2O3/c1-16(2)21(27)26-20-8-6-17(7-9-20)22(28)25-15-23(10-12-29-13-11-23)18-4-3-5-19(24)14-18/h3-9,14,16H,10-13,15H2,1-2H3,(H,25,28)(H,26,27). The van der Waals surface area contributed by atoms with Crippen LogP contribution in [-0.2, 0) is 14.9 Å². The largest absolute Gasteiger partial charge is 0.381 e. The maximum absolute atomic E-state index is 12.7. The first-order chi connectivity index (χ1) is 13.9. The molecule has 0 bridgehead atoms. The maximum atomic E-state index is 12.7. The van der Waals surface area contributed by atoms with E-state index in [0.717, 1.165) is 18.4 Å². The lowest BCUT2D eigenvalue weighted by atomic mass is 9.74. The Morgan fingerprint density at radius 3 is 2.41 bits per heavy atom. The van der Waals surface area contributed by atoms with Crippen LogP contribution in [0.3, 0.4) is 0 Å². The molecule has 2 amide bonds. The second kappa shape index (κ2) is 9.42. The summed E-state index contributed by atoms with van der Waals surface area (Å²) >= 11 is 6.21. The highest BCUT2D eigenvalue weighted by Crippen LogP contribution is 2.35. The van der Waals surface area contributed by atoms with Crippen LogP contribution in [-0.4, -0.2) is 31.6 Å². The van der Waals surface area contributed by atoms with Crippen molar-refractivity contribution in [2.24, 2.45) is 5.92 Å². The SMILES string of the molecule is CC(C)C(=O)Nc1ccc(C(=O)NCC2(c3cccc(Cl)c3)CCOCC2)cc1. The molecule has 0 aliphatic carbocycles. The maximum Gasteiger partial charge on any atom is 0.251 e. The smallest absolute Gasteiger partial charge is 0.251 e. The fraction of sp³-hybridized carbons (Fsp3) is 0.391. The molecule has 1 aliphatic rings. The minimum atomic E-state index is -0.190. The quantitative estimate of drug-likeness (QED) is 0.735. The van der Waals surface area contributed by atoms with Crippen LogP contribution >= 0.6 is 11.6 Å². The van der Waals surface area contributed by atoms with E-state index in [2.05, 4.69) is 16.7 Å². The van der Waals surface area contributed by atoms with Crippen LogP contribution < -0.4 is 10.6 Å². The fourth-order valence-corrected chi connectivity index (χ4v) is 3.68. The molecular formula is C23H27ClN2O3. The van der Waals surface area contributed by atoms with E-state index in [-0.39, 0.29) is 23.1 Å². The third-order valence-corrected chi connectivity index (χ3v) is 5.65. The van der Waals surface area contributed by atoms with Gasteiger partial charge in [-0.05, 0) is 54.8 Å². The van der Waals surface area contributed by atoms with E-state index in [1.54, 1.807) is 24.3 Å². The molecule has 2 N–H and O–H groups in total. The van der Waals surface area contributed by atoms with Gasteiger partial charge in [0.25, 0.3) is 5.91 Å². The predicted molar refractivity (Wildman–Crippen MR) is 115 cm³/mol. The predicted octanol–water partition coefficient (Wildman–Crippen LogP) is 4.41. The number of benzene rings is 2. The van der Waals surface area contributed by atoms with Gasteiger partial charge in [-0.25, -0.2) is 0 Å². The van der Waals surface area contributed by atoms with Crippen LogP contribution in [0.4, 0.5) is 5.69 Å². The van der Waals surface area contributed by atoms with E-state index in [1.807, 2.05) is 32.0 Å². The van der Waals surface area contributed by atoms with Crippen LogP contribution in [0.25, 0.3) is 0 Å². The number of amides is 2. The average Bonchev–Trinajstić information content (AvgIpc) is 2.73. The molecule has 0 aromatic heterocycles. The summed E-state index contributed by atoms with van der Waals surface area (Å²) in [4.78, 5) is 24.5. The third kappa shape index (κ3) is 5.37. The lowest BCUT2D eigenvalue weighted by molar-refractivity contribution is -0.118. The van der Waals surface area contributed by atoms with E-state index in [4.69, 9.17) is 16.3 Å². The van der Waals surface area contributed by atoms with E-state index >= 15 is 0 Å². The number of hydrogen-bond donors (Lipinski definition) is 2. The molecule has 5 nitrogen and oxygen atoms in total. The molecule has 0 unspecified atom stereocenters. The number of rotatable bonds is 6. The van der Waals surface area contributed by atoms with Gasteiger partial charge in [0.15, 0.2) is 0 Å². The molecule has 2 aromatic carbocycles. The van der Waals surface area contributed by atoms with Gasteiger partial charge in [-0.1, -0.05) is 37.6 Å². The summed E-state index contributed by atoms with van der Waals surface area (Å²) in [6, 6.07) is 14.8. The van der Waals surface area contributed by atoms with Crippen molar-refractivity contribution in [1.82, 2.24) is 5.32 Å². The lowest BCUT2D eigenvalue weighted by Crippen LogP contribution is -2.44. The number of carbonyl (C=O) groups is 2. The van der Waals surface area contributed by atoms with E-state index in [1.165, 1.54) is 0 Å². The lowest BCUT2D eigenvalue weighted by Gasteiger charge is -2.38. The molecule has 1 heterocycles. The number of halogens is 1. The zero-order chi connectivity index (χ0) is 20.9. The Kier molecular flexibility index (Phi) is 6.93. The van der Waals surface area contributed by atoms with Gasteiger partial charge in [-0.15, -0.1) is 0 Å². The van der Waals surface area contributed by atoms with Crippen molar-refractivity contribution in [2.75, 3.05) is 25.1 Å². The van der Waals surface area contributed by atoms with Crippen molar-refractivity contribution in [3.05, 3.63) is 64.7 Å². The normalized spacial score (nSPS) is 15.7. The van der Waals surface area contributed by atoms with Gasteiger partial charge >= 0.3 is 0 Å². The van der Waals surface area contributed by atoms with Crippen LogP contribution in [0.2, 0.25) is 5.02 Å². The van der Waals surface area contributed by atoms with Crippen LogP contribution in [0.1, 0.15) is 42.6 Å². The third-order valence-electron chi connectivity index (χ3n) is 5.41. The fourth-order valence-electron chi connectivity index (χ4n) is 3.49. The Morgan fingerprint density at radius 1 is 1.10 bits per heavy atom. The zero-order valence-electron chi connectivity index (χ0n) is 16.8. The molecule has 1 fully saturated rings. The van der Waals surface area contributed by atoms with Gasteiger partial charge in [0, 0.05) is 47.4 Å². The van der Waals surface area contributed by atoms with Gasteiger partial charge in [-0.3, -0.25) is 9.59 Å². The van der Waals surface area contributed by atoms with Crippen LogP contribution in [0, 0.1) is 5.92 Å². The average molecular weight is 415 g/mol. The van der Waals surface area contributed by atoms with Crippen molar-refractivity contribution in [1.29, 1.82) is 0 Å². The topological polar surface area (TPSA) is 67.4 Å². The summed E-state index contributed by atoms with van der Waals surface area (Å²) in [6.45, 7) is 5.51. The Labute approximate surface area is 176 Å². The van der Waals surface area contributed by atoms with Crippen LogP contribution in [0.15, 0.2) is 48.5 Å². The minimum Gasteiger partial charge on any atom is -0.381 e. The number of hydrogen-bond acceptors (Lipinski definition) is 3. The Balaban J connectivity index is 1.68. The second-order valence-electron chi connectivity index (χ2n) is 7.81. The summed E-state index contributed by atoms with van der Waals surface area (Å²) in [5.41, 5.74) is 2.17. The van der Waals surface area contributed by atoms with Crippen molar-refractivity contribution in [3.63, 3.8) is 0 Å². The molecule has 0 atom stereocenters. The molecule has 154 valence electrons. The highest BCUT2D eigenvalue weighted by atomic mass is 35.5. The van der Waals surface area contributed by atoms with Crippen molar-refractivity contribution >= 4 is 29.1 Å². The van der Waals surface area contributed by atoms with Gasteiger partial charge in [-0.2, -0.15) is 0 Å². The summed E-state index contributed by atoms with van der Waals surface area (Å²) in [6.07, 6.45) is 1.65. The molecule has 3 rings (SSSR count). The Hall–Kier alpha value is -2.37. The van der Waals surface area contributed by atoms with Crippen molar-refractivity contribution < 1.29 is 14.3 Å². The summed E-state index contributed by atoms with van der Waals surface area (Å²) < 4.78 is 5.55. The first-order valence-electron chi connectivity index (χ1n) is 9.92. The van der Waals surface area contributed by atoms with E-state index in [9.17, 15) is 9.59 Å². The summed E-state index contributed by atoms with van der Waals surface area (Å²) in [5.74, 6) is -0.287. The first kappa shape index (κ1) is 21.3. The number of ether oxygens (including phenoxy) is 1. The van der Waals surface area contributed by atoms with Crippen LogP contribution in [0.5, 0.6) is 0 Å². The molecule has 29 heavy (non-hydrogen) atoms. The first-order valence-corrected chi connectivity index (χ1v) is 10.3. The van der Waals surface area contributed by atoms with Gasteiger partial charge in [0.1, 0.15) is 0 Å². The molecule has 0 spiro atoms. The Bertz CT molecular complexity index is 859. The number of nitrogens with one attached hydrogen (secondary N) is 2. The molecular weight excluding hydrogens is 388 g/mol. The highest BCUT2D eigenvalue weighted by molar-refractivity contribution is 6.30. The van der Waals surface area contributed by atoms with Gasteiger partial charge in [0.2, 0.25) is 5.91 Å².